The Morgan fingerprint density at radius 1 is 1.04 bits per heavy atom. The highest BCUT2D eigenvalue weighted by atomic mass is 28.4. The van der Waals surface area contributed by atoms with Gasteiger partial charge in [0.25, 0.3) is 0 Å². The molecule has 1 aliphatic heterocycles. The van der Waals surface area contributed by atoms with Crippen LogP contribution in [-0.4, -0.2) is 58.3 Å². The van der Waals surface area contributed by atoms with Crippen LogP contribution in [0.15, 0.2) is 0 Å². The normalized spacial score (nSPS) is 22.8. The molecule has 0 aromatic heterocycles. The maximum absolute atomic E-state index is 12.3. The quantitative estimate of drug-likeness (QED) is 0.692. The smallest absolute Gasteiger partial charge is 0.410 e. The zero-order valence-corrected chi connectivity index (χ0v) is 18.1. The van der Waals surface area contributed by atoms with Gasteiger partial charge >= 0.3 is 6.09 Å². The third-order valence-electron chi connectivity index (χ3n) is 5.07. The minimum absolute atomic E-state index is 0.188. The van der Waals surface area contributed by atoms with Crippen molar-refractivity contribution in [1.29, 1.82) is 0 Å². The third kappa shape index (κ3) is 6.04. The number of amides is 1. The Kier molecular flexibility index (Phi) is 6.92. The van der Waals surface area contributed by atoms with Crippen molar-refractivity contribution in [2.45, 2.75) is 65.3 Å². The van der Waals surface area contributed by atoms with Crippen LogP contribution in [0.4, 0.5) is 4.79 Å². The molecule has 1 rings (SSSR count). The summed E-state index contributed by atoms with van der Waals surface area (Å²) < 4.78 is 17.3. The molecular formula is C18H37NO4Si. The standard InChI is InChI=1S/C18H37NO4Si/c1-17(2,3)23-16(20)19-10-14(12-21-7)15(11-19)13-22-24(8,9)18(4,5)6/h14-15H,10-13H2,1-9H3/t14?,15-/m0/s1. The highest BCUT2D eigenvalue weighted by Crippen LogP contribution is 2.37. The Morgan fingerprint density at radius 3 is 1.96 bits per heavy atom. The zero-order valence-electron chi connectivity index (χ0n) is 17.1. The Morgan fingerprint density at radius 2 is 1.54 bits per heavy atom. The van der Waals surface area contributed by atoms with Crippen molar-refractivity contribution in [3.05, 3.63) is 0 Å². The molecule has 1 amide bonds. The van der Waals surface area contributed by atoms with Crippen LogP contribution in [0.25, 0.3) is 0 Å². The van der Waals surface area contributed by atoms with E-state index in [1.54, 1.807) is 12.0 Å². The largest absolute Gasteiger partial charge is 0.444 e. The Bertz CT molecular complexity index is 426. The Hall–Kier alpha value is -0.593. The molecule has 1 saturated heterocycles. The van der Waals surface area contributed by atoms with Crippen molar-refractivity contribution >= 4 is 14.4 Å². The SMILES string of the molecule is COCC1CN(C(=O)OC(C)(C)C)C[C@H]1CO[Si](C)(C)C(C)(C)C. The van der Waals surface area contributed by atoms with Crippen LogP contribution in [0.3, 0.4) is 0 Å². The van der Waals surface area contributed by atoms with Gasteiger partial charge < -0.3 is 18.8 Å². The molecular weight excluding hydrogens is 322 g/mol. The second-order valence-electron chi connectivity index (χ2n) is 9.43. The lowest BCUT2D eigenvalue weighted by atomic mass is 9.98. The summed E-state index contributed by atoms with van der Waals surface area (Å²) >= 11 is 0. The minimum atomic E-state index is -1.79. The summed E-state index contributed by atoms with van der Waals surface area (Å²) in [6.45, 7) is 19.6. The van der Waals surface area contributed by atoms with Gasteiger partial charge in [0.05, 0.1) is 6.61 Å². The van der Waals surface area contributed by atoms with E-state index in [0.717, 1.165) is 0 Å². The highest BCUT2D eigenvalue weighted by molar-refractivity contribution is 6.74. The number of methoxy groups -OCH3 is 1. The van der Waals surface area contributed by atoms with Crippen LogP contribution >= 0.6 is 0 Å². The fourth-order valence-corrected chi connectivity index (χ4v) is 3.60. The number of carbonyl (C=O) groups is 1. The van der Waals surface area contributed by atoms with Crippen molar-refractivity contribution in [1.82, 2.24) is 4.90 Å². The predicted molar refractivity (Wildman–Crippen MR) is 99.8 cm³/mol. The van der Waals surface area contributed by atoms with Crippen LogP contribution in [0.2, 0.25) is 18.1 Å². The molecule has 0 spiro atoms. The van der Waals surface area contributed by atoms with Crippen LogP contribution < -0.4 is 0 Å². The molecule has 0 saturated carbocycles. The molecule has 24 heavy (non-hydrogen) atoms. The second kappa shape index (κ2) is 7.75. The molecule has 6 heteroatoms. The summed E-state index contributed by atoms with van der Waals surface area (Å²) in [6.07, 6.45) is -0.238. The Labute approximate surface area is 149 Å². The van der Waals surface area contributed by atoms with Crippen molar-refractivity contribution in [2.75, 3.05) is 33.4 Å². The molecule has 5 nitrogen and oxygen atoms in total. The van der Waals surface area contributed by atoms with Crippen molar-refractivity contribution < 1.29 is 18.7 Å². The number of carbonyl (C=O) groups excluding carboxylic acids is 1. The summed E-state index contributed by atoms with van der Waals surface area (Å²) in [7, 11) is -0.0777. The first kappa shape index (κ1) is 21.4. The molecule has 1 aliphatic rings. The maximum atomic E-state index is 12.3. The van der Waals surface area contributed by atoms with Crippen molar-refractivity contribution in [2.24, 2.45) is 11.8 Å². The molecule has 0 N–H and O–H groups in total. The number of hydrogen-bond acceptors (Lipinski definition) is 4. The molecule has 0 aromatic rings. The number of hydrogen-bond donors (Lipinski definition) is 0. The number of nitrogens with zero attached hydrogens (tertiary/aromatic N) is 1. The molecule has 0 aromatic carbocycles. The average molecular weight is 360 g/mol. The first-order chi connectivity index (χ1) is 10.8. The lowest BCUT2D eigenvalue weighted by molar-refractivity contribution is 0.0277. The molecule has 1 heterocycles. The van der Waals surface area contributed by atoms with Crippen molar-refractivity contribution in [3.8, 4) is 0 Å². The molecule has 0 bridgehead atoms. The van der Waals surface area contributed by atoms with Gasteiger partial charge in [-0.1, -0.05) is 20.8 Å². The molecule has 1 unspecified atom stereocenters. The monoisotopic (exact) mass is 359 g/mol. The fourth-order valence-electron chi connectivity index (χ4n) is 2.54. The van der Waals surface area contributed by atoms with Gasteiger partial charge in [0.1, 0.15) is 5.60 Å². The van der Waals surface area contributed by atoms with Gasteiger partial charge in [-0.15, -0.1) is 0 Å². The highest BCUT2D eigenvalue weighted by Gasteiger charge is 2.41. The van der Waals surface area contributed by atoms with Crippen LogP contribution in [0.5, 0.6) is 0 Å². The molecule has 1 fully saturated rings. The lowest BCUT2D eigenvalue weighted by Crippen LogP contribution is -2.43. The van der Waals surface area contributed by atoms with Crippen molar-refractivity contribution in [3.63, 3.8) is 0 Å². The third-order valence-corrected chi connectivity index (χ3v) is 9.57. The predicted octanol–water partition coefficient (Wildman–Crippen LogP) is 4.14. The first-order valence-electron chi connectivity index (χ1n) is 8.87. The summed E-state index contributed by atoms with van der Waals surface area (Å²) in [5, 5.41) is 0.188. The summed E-state index contributed by atoms with van der Waals surface area (Å²) in [4.78, 5) is 14.1. The van der Waals surface area contributed by atoms with E-state index in [2.05, 4.69) is 33.9 Å². The van der Waals surface area contributed by atoms with E-state index >= 15 is 0 Å². The second-order valence-corrected chi connectivity index (χ2v) is 14.2. The van der Waals surface area contributed by atoms with Gasteiger partial charge in [-0.2, -0.15) is 0 Å². The summed E-state index contributed by atoms with van der Waals surface area (Å²) in [5.74, 6) is 0.596. The van der Waals surface area contributed by atoms with Gasteiger partial charge in [-0.05, 0) is 38.9 Å². The molecule has 0 radical (unpaired) electrons. The topological polar surface area (TPSA) is 48.0 Å². The number of likely N-dealkylation sites (tertiary alicyclic amines) is 1. The van der Waals surface area contributed by atoms with Gasteiger partial charge in [-0.25, -0.2) is 4.79 Å². The van der Waals surface area contributed by atoms with Gasteiger partial charge in [-0.3, -0.25) is 0 Å². The minimum Gasteiger partial charge on any atom is -0.444 e. The maximum Gasteiger partial charge on any atom is 0.410 e. The van der Waals surface area contributed by atoms with E-state index in [9.17, 15) is 4.79 Å². The van der Waals surface area contributed by atoms with Crippen LogP contribution in [0, 0.1) is 11.8 Å². The zero-order chi connectivity index (χ0) is 18.8. The average Bonchev–Trinajstić information content (AvgIpc) is 2.77. The van der Waals surface area contributed by atoms with E-state index in [1.165, 1.54) is 0 Å². The van der Waals surface area contributed by atoms with Gasteiger partial charge in [0.2, 0.25) is 0 Å². The van der Waals surface area contributed by atoms with Gasteiger partial charge in [0.15, 0.2) is 8.32 Å². The summed E-state index contributed by atoms with van der Waals surface area (Å²) in [5.41, 5.74) is -0.469. The van der Waals surface area contributed by atoms with Crippen LogP contribution in [-0.2, 0) is 13.9 Å². The van der Waals surface area contributed by atoms with E-state index < -0.39 is 13.9 Å². The summed E-state index contributed by atoms with van der Waals surface area (Å²) in [6, 6.07) is 0. The van der Waals surface area contributed by atoms with E-state index in [-0.39, 0.29) is 11.1 Å². The molecule has 142 valence electrons. The van der Waals surface area contributed by atoms with E-state index in [0.29, 0.717) is 38.1 Å². The molecule has 0 aliphatic carbocycles. The number of rotatable bonds is 5. The van der Waals surface area contributed by atoms with Gasteiger partial charge in [0, 0.05) is 38.6 Å². The first-order valence-corrected chi connectivity index (χ1v) is 11.8. The lowest BCUT2D eigenvalue weighted by Gasteiger charge is -2.37. The number of ether oxygens (including phenoxy) is 2. The van der Waals surface area contributed by atoms with E-state index in [1.807, 2.05) is 20.8 Å². The van der Waals surface area contributed by atoms with E-state index in [4.69, 9.17) is 13.9 Å². The molecule has 2 atom stereocenters. The van der Waals surface area contributed by atoms with Crippen LogP contribution in [0.1, 0.15) is 41.5 Å². The Balaban J connectivity index is 2.70. The fraction of sp³-hybridized carbons (Fsp3) is 0.944.